The van der Waals surface area contributed by atoms with Crippen LogP contribution in [0.4, 0.5) is 0 Å². The van der Waals surface area contributed by atoms with Crippen molar-refractivity contribution < 1.29 is 4.79 Å². The Bertz CT molecular complexity index is 997. The fourth-order valence-corrected chi connectivity index (χ4v) is 7.30. The molecule has 0 bridgehead atoms. The van der Waals surface area contributed by atoms with Crippen LogP contribution in [0.15, 0.2) is 42.5 Å². The molecule has 182 valence electrons. The molecule has 0 heterocycles. The summed E-state index contributed by atoms with van der Waals surface area (Å²) in [4.78, 5) is 14.0. The van der Waals surface area contributed by atoms with Crippen molar-refractivity contribution in [1.82, 2.24) is 0 Å². The number of Topliss-reactive ketones (excluding diaryl/α,β-unsaturated/α-hetero) is 1. The predicted molar refractivity (Wildman–Crippen MR) is 140 cm³/mol. The van der Waals surface area contributed by atoms with Crippen LogP contribution in [0.1, 0.15) is 102 Å². The van der Waals surface area contributed by atoms with E-state index < -0.39 is 0 Å². The molecule has 0 aromatic heterocycles. The third-order valence-electron chi connectivity index (χ3n) is 9.20. The molecule has 5 atom stereocenters. The van der Waals surface area contributed by atoms with Gasteiger partial charge in [0, 0.05) is 11.5 Å². The molecule has 2 fully saturated rings. The number of carbonyl (C=O) groups excluding carboxylic acids is 1. The largest absolute Gasteiger partial charge is 0.330 e. The number of benzene rings is 2. The normalized spacial score (nSPS) is 29.2. The van der Waals surface area contributed by atoms with Gasteiger partial charge < -0.3 is 11.5 Å². The zero-order chi connectivity index (χ0) is 23.5. The molecule has 2 aromatic carbocycles. The van der Waals surface area contributed by atoms with Crippen LogP contribution < -0.4 is 11.5 Å². The first kappa shape index (κ1) is 23.8. The van der Waals surface area contributed by atoms with E-state index in [2.05, 4.69) is 42.5 Å². The second-order valence-electron chi connectivity index (χ2n) is 11.3. The molecule has 5 rings (SSSR count). The predicted octanol–water partition coefficient (Wildman–Crippen LogP) is 6.14. The molecule has 2 saturated carbocycles. The average Bonchev–Trinajstić information content (AvgIpc) is 3.01. The second kappa shape index (κ2) is 10.7. The lowest BCUT2D eigenvalue weighted by Gasteiger charge is -2.35. The smallest absolute Gasteiger partial charge is 0.166 e. The van der Waals surface area contributed by atoms with E-state index in [4.69, 9.17) is 11.5 Å². The summed E-state index contributed by atoms with van der Waals surface area (Å²) in [5.41, 5.74) is 18.1. The van der Waals surface area contributed by atoms with E-state index in [0.29, 0.717) is 30.1 Å². The number of ketones is 1. The van der Waals surface area contributed by atoms with Crippen LogP contribution in [-0.2, 0) is 12.8 Å². The van der Waals surface area contributed by atoms with Crippen molar-refractivity contribution in [3.63, 3.8) is 0 Å². The molecule has 2 aromatic rings. The molecule has 4 N–H and O–H groups in total. The highest BCUT2D eigenvalue weighted by atomic mass is 16.1. The summed E-state index contributed by atoms with van der Waals surface area (Å²) in [6, 6.07) is 15.9. The average molecular weight is 459 g/mol. The number of rotatable bonds is 6. The van der Waals surface area contributed by atoms with Crippen molar-refractivity contribution in [3.8, 4) is 0 Å². The van der Waals surface area contributed by atoms with Gasteiger partial charge in [-0.25, -0.2) is 0 Å². The van der Waals surface area contributed by atoms with Gasteiger partial charge in [0.05, 0.1) is 0 Å². The van der Waals surface area contributed by atoms with Crippen LogP contribution in [0.3, 0.4) is 0 Å². The van der Waals surface area contributed by atoms with Crippen LogP contribution in [0, 0.1) is 17.8 Å². The van der Waals surface area contributed by atoms with Crippen molar-refractivity contribution in [3.05, 3.63) is 70.3 Å². The fraction of sp³-hybridized carbons (Fsp3) is 0.581. The number of aryl methyl sites for hydroxylation is 1. The van der Waals surface area contributed by atoms with E-state index in [0.717, 1.165) is 50.1 Å². The fourth-order valence-electron chi connectivity index (χ4n) is 7.30. The quantitative estimate of drug-likeness (QED) is 0.546. The Morgan fingerprint density at radius 3 is 2.53 bits per heavy atom. The Morgan fingerprint density at radius 2 is 1.68 bits per heavy atom. The highest BCUT2D eigenvalue weighted by Gasteiger charge is 2.38. The zero-order valence-corrected chi connectivity index (χ0v) is 20.7. The SMILES string of the molecule is NCCc1cccc(C2CCC3CCc4ccc(C5CCCC(CCN)C5)cc4C(=O)C3C2)c1. The lowest BCUT2D eigenvalue weighted by Crippen LogP contribution is -2.29. The molecular formula is C31H42N2O. The number of hydrogen-bond donors (Lipinski definition) is 2. The number of fused-ring (bicyclic) bond motifs is 2. The number of nitrogens with two attached hydrogens (primary N) is 2. The Hall–Kier alpha value is -1.97. The summed E-state index contributed by atoms with van der Waals surface area (Å²) in [7, 11) is 0. The van der Waals surface area contributed by atoms with Crippen molar-refractivity contribution in [2.45, 2.75) is 82.5 Å². The van der Waals surface area contributed by atoms with E-state index in [1.54, 1.807) is 0 Å². The summed E-state index contributed by atoms with van der Waals surface area (Å²) in [6.07, 6.45) is 12.7. The Labute approximate surface area is 205 Å². The number of hydrogen-bond acceptors (Lipinski definition) is 3. The number of carbonyl (C=O) groups is 1. The highest BCUT2D eigenvalue weighted by Crippen LogP contribution is 2.46. The van der Waals surface area contributed by atoms with Gasteiger partial charge in [-0.3, -0.25) is 4.79 Å². The molecule has 0 amide bonds. The van der Waals surface area contributed by atoms with Crippen LogP contribution in [0.2, 0.25) is 0 Å². The van der Waals surface area contributed by atoms with Crippen molar-refractivity contribution in [1.29, 1.82) is 0 Å². The van der Waals surface area contributed by atoms with Crippen LogP contribution in [0.25, 0.3) is 0 Å². The molecular weight excluding hydrogens is 416 g/mol. The molecule has 3 aliphatic carbocycles. The minimum Gasteiger partial charge on any atom is -0.330 e. The maximum absolute atomic E-state index is 14.0. The topological polar surface area (TPSA) is 69.1 Å². The van der Waals surface area contributed by atoms with Gasteiger partial charge >= 0.3 is 0 Å². The lowest BCUT2D eigenvalue weighted by atomic mass is 9.69. The van der Waals surface area contributed by atoms with Crippen molar-refractivity contribution in [2.75, 3.05) is 13.1 Å². The van der Waals surface area contributed by atoms with Gasteiger partial charge in [0.15, 0.2) is 5.78 Å². The Balaban J connectivity index is 1.36. The first-order valence-corrected chi connectivity index (χ1v) is 13.8. The Morgan fingerprint density at radius 1 is 0.824 bits per heavy atom. The molecule has 3 nitrogen and oxygen atoms in total. The maximum atomic E-state index is 14.0. The van der Waals surface area contributed by atoms with Crippen molar-refractivity contribution >= 4 is 5.78 Å². The molecule has 0 spiro atoms. The molecule has 3 aliphatic rings. The van der Waals surface area contributed by atoms with Gasteiger partial charge in [0.2, 0.25) is 0 Å². The van der Waals surface area contributed by atoms with Gasteiger partial charge in [-0.15, -0.1) is 0 Å². The standard InChI is InChI=1S/C31H42N2O/c32-15-13-21-3-1-5-25(17-21)27-11-9-23-7-8-24-10-12-28(20-30(24)31(34)29(23)19-27)26-6-2-4-22(18-26)14-16-33/h1,3,5,10,12,17,20,22-23,26-27,29H,2,4,6-9,11,13-16,18-19,32-33H2. The van der Waals surface area contributed by atoms with E-state index in [-0.39, 0.29) is 5.92 Å². The van der Waals surface area contributed by atoms with Gasteiger partial charge in [0.25, 0.3) is 0 Å². The van der Waals surface area contributed by atoms with E-state index >= 15 is 0 Å². The highest BCUT2D eigenvalue weighted by molar-refractivity contribution is 6.00. The molecule has 3 heteroatoms. The maximum Gasteiger partial charge on any atom is 0.166 e. The van der Waals surface area contributed by atoms with Gasteiger partial charge in [-0.1, -0.05) is 49.2 Å². The third kappa shape index (κ3) is 5.02. The van der Waals surface area contributed by atoms with Gasteiger partial charge in [-0.2, -0.15) is 0 Å². The Kier molecular flexibility index (Phi) is 7.51. The van der Waals surface area contributed by atoms with Crippen LogP contribution in [0.5, 0.6) is 0 Å². The van der Waals surface area contributed by atoms with E-state index in [9.17, 15) is 4.79 Å². The van der Waals surface area contributed by atoms with Crippen LogP contribution >= 0.6 is 0 Å². The third-order valence-corrected chi connectivity index (χ3v) is 9.20. The molecule has 5 unspecified atom stereocenters. The minimum atomic E-state index is 0.171. The minimum absolute atomic E-state index is 0.171. The molecule has 0 aliphatic heterocycles. The summed E-state index contributed by atoms with van der Waals surface area (Å²) in [5, 5.41) is 0. The first-order chi connectivity index (χ1) is 16.7. The summed E-state index contributed by atoms with van der Waals surface area (Å²) in [5.74, 6) is 2.96. The summed E-state index contributed by atoms with van der Waals surface area (Å²) in [6.45, 7) is 1.48. The van der Waals surface area contributed by atoms with Crippen LogP contribution in [-0.4, -0.2) is 18.9 Å². The zero-order valence-electron chi connectivity index (χ0n) is 20.7. The van der Waals surface area contributed by atoms with Gasteiger partial charge in [0.1, 0.15) is 0 Å². The first-order valence-electron chi connectivity index (χ1n) is 13.8. The summed E-state index contributed by atoms with van der Waals surface area (Å²) < 4.78 is 0. The monoisotopic (exact) mass is 458 g/mol. The van der Waals surface area contributed by atoms with E-state index in [1.807, 2.05) is 0 Å². The van der Waals surface area contributed by atoms with Gasteiger partial charge in [-0.05, 0) is 123 Å². The molecule has 34 heavy (non-hydrogen) atoms. The lowest BCUT2D eigenvalue weighted by molar-refractivity contribution is 0.0810. The molecule has 0 saturated heterocycles. The van der Waals surface area contributed by atoms with E-state index in [1.165, 1.54) is 60.8 Å². The molecule has 0 radical (unpaired) electrons. The summed E-state index contributed by atoms with van der Waals surface area (Å²) >= 11 is 0. The second-order valence-corrected chi connectivity index (χ2v) is 11.3. The van der Waals surface area contributed by atoms with Crippen molar-refractivity contribution in [2.24, 2.45) is 29.2 Å².